The molecular formula is C14H13N5O2S2. The zero-order chi connectivity index (χ0) is 16.4. The van der Waals surface area contributed by atoms with Crippen molar-refractivity contribution >= 4 is 44.7 Å². The topological polar surface area (TPSA) is 113 Å². The van der Waals surface area contributed by atoms with Crippen LogP contribution in [0.4, 0.5) is 20.7 Å². The molecule has 2 amide bonds. The number of thiazole rings is 2. The number of primary amides is 1. The first-order valence-corrected chi connectivity index (χ1v) is 8.27. The Morgan fingerprint density at radius 3 is 2.65 bits per heavy atom. The van der Waals surface area contributed by atoms with Gasteiger partial charge in [0.25, 0.3) is 0 Å². The van der Waals surface area contributed by atoms with Crippen LogP contribution in [-0.4, -0.2) is 21.1 Å². The van der Waals surface area contributed by atoms with Crippen LogP contribution in [0.3, 0.4) is 0 Å². The molecule has 0 spiro atoms. The summed E-state index contributed by atoms with van der Waals surface area (Å²) in [5, 5.41) is 18.0. The summed E-state index contributed by atoms with van der Waals surface area (Å²) in [7, 11) is 0. The second-order valence-electron chi connectivity index (χ2n) is 4.63. The third kappa shape index (κ3) is 3.58. The Bertz CT molecular complexity index is 841. The van der Waals surface area contributed by atoms with E-state index in [9.17, 15) is 9.90 Å². The Kier molecular flexibility index (Phi) is 4.13. The number of rotatable bonds is 4. The van der Waals surface area contributed by atoms with Gasteiger partial charge in [-0.1, -0.05) is 11.3 Å². The predicted molar refractivity (Wildman–Crippen MR) is 92.6 cm³/mol. The molecule has 0 atom stereocenters. The number of carbonyl (C=O) groups is 1. The fourth-order valence-corrected chi connectivity index (χ4v) is 3.62. The van der Waals surface area contributed by atoms with Crippen LogP contribution in [0.5, 0.6) is 5.75 Å². The summed E-state index contributed by atoms with van der Waals surface area (Å²) < 4.78 is 0. The highest BCUT2D eigenvalue weighted by Crippen LogP contribution is 2.35. The van der Waals surface area contributed by atoms with Crippen LogP contribution in [0.2, 0.25) is 0 Å². The van der Waals surface area contributed by atoms with Crippen LogP contribution in [-0.2, 0) is 0 Å². The van der Waals surface area contributed by atoms with E-state index in [2.05, 4.69) is 20.6 Å². The van der Waals surface area contributed by atoms with E-state index in [1.54, 1.807) is 24.3 Å². The van der Waals surface area contributed by atoms with Gasteiger partial charge in [0.1, 0.15) is 5.75 Å². The number of anilines is 3. The van der Waals surface area contributed by atoms with Gasteiger partial charge in [-0.25, -0.2) is 14.8 Å². The van der Waals surface area contributed by atoms with Crippen LogP contribution in [0.15, 0.2) is 29.6 Å². The molecule has 118 valence electrons. The van der Waals surface area contributed by atoms with Crippen molar-refractivity contribution in [1.82, 2.24) is 9.97 Å². The summed E-state index contributed by atoms with van der Waals surface area (Å²) >= 11 is 2.78. The molecule has 1 aromatic carbocycles. The lowest BCUT2D eigenvalue weighted by molar-refractivity contribution is 0.259. The minimum absolute atomic E-state index is 0.213. The number of benzene rings is 1. The van der Waals surface area contributed by atoms with Gasteiger partial charge in [0.05, 0.1) is 16.3 Å². The molecule has 9 heteroatoms. The normalized spacial score (nSPS) is 10.5. The molecule has 0 bridgehead atoms. The van der Waals surface area contributed by atoms with Gasteiger partial charge >= 0.3 is 6.03 Å². The van der Waals surface area contributed by atoms with Gasteiger partial charge in [0.15, 0.2) is 10.3 Å². The minimum Gasteiger partial charge on any atom is -0.508 e. The minimum atomic E-state index is -0.640. The van der Waals surface area contributed by atoms with Gasteiger partial charge in [-0.15, -0.1) is 11.3 Å². The van der Waals surface area contributed by atoms with E-state index in [4.69, 9.17) is 5.73 Å². The third-order valence-electron chi connectivity index (χ3n) is 2.88. The van der Waals surface area contributed by atoms with Crippen molar-refractivity contribution in [2.45, 2.75) is 6.92 Å². The number of hydrogen-bond acceptors (Lipinski definition) is 7. The van der Waals surface area contributed by atoms with Crippen molar-refractivity contribution < 1.29 is 9.90 Å². The Hall–Kier alpha value is -2.65. The zero-order valence-corrected chi connectivity index (χ0v) is 13.7. The number of aromatic hydroxyl groups is 1. The lowest BCUT2D eigenvalue weighted by atomic mass is 10.3. The highest BCUT2D eigenvalue weighted by Gasteiger charge is 2.14. The van der Waals surface area contributed by atoms with Crippen molar-refractivity contribution in [2.75, 3.05) is 10.6 Å². The van der Waals surface area contributed by atoms with E-state index in [0.29, 0.717) is 5.13 Å². The fraction of sp³-hybridized carbons (Fsp3) is 0.0714. The number of carbonyl (C=O) groups excluding carboxylic acids is 1. The lowest BCUT2D eigenvalue weighted by Crippen LogP contribution is -2.18. The maximum atomic E-state index is 10.9. The Labute approximate surface area is 139 Å². The van der Waals surface area contributed by atoms with E-state index >= 15 is 0 Å². The van der Waals surface area contributed by atoms with Gasteiger partial charge in [-0.2, -0.15) is 0 Å². The molecule has 2 aromatic heterocycles. The summed E-state index contributed by atoms with van der Waals surface area (Å²) in [6.45, 7) is 1.85. The van der Waals surface area contributed by atoms with E-state index in [-0.39, 0.29) is 5.75 Å². The molecule has 0 unspecified atom stereocenters. The molecule has 0 radical (unpaired) electrons. The summed E-state index contributed by atoms with van der Waals surface area (Å²) in [6.07, 6.45) is 0. The van der Waals surface area contributed by atoms with Crippen LogP contribution >= 0.6 is 22.7 Å². The first-order chi connectivity index (χ1) is 11.0. The Balaban J connectivity index is 1.80. The summed E-state index contributed by atoms with van der Waals surface area (Å²) in [4.78, 5) is 20.5. The average molecular weight is 347 g/mol. The molecule has 0 aliphatic carbocycles. The fourth-order valence-electron chi connectivity index (χ4n) is 1.90. The molecule has 5 N–H and O–H groups in total. The molecule has 3 aromatic rings. The molecule has 3 rings (SSSR count). The molecule has 0 aliphatic rings. The van der Waals surface area contributed by atoms with E-state index in [1.165, 1.54) is 22.7 Å². The number of amides is 2. The molecule has 2 heterocycles. The second kappa shape index (κ2) is 6.23. The second-order valence-corrected chi connectivity index (χ2v) is 6.49. The highest BCUT2D eigenvalue weighted by atomic mass is 32.1. The van der Waals surface area contributed by atoms with Crippen LogP contribution < -0.4 is 16.4 Å². The lowest BCUT2D eigenvalue weighted by Gasteiger charge is -2.01. The van der Waals surface area contributed by atoms with Gasteiger partial charge < -0.3 is 16.2 Å². The maximum absolute atomic E-state index is 10.9. The predicted octanol–water partition coefficient (Wildman–Crippen LogP) is 3.51. The quantitative estimate of drug-likeness (QED) is 0.539. The Morgan fingerprint density at radius 2 is 1.96 bits per heavy atom. The molecule has 0 fully saturated rings. The zero-order valence-electron chi connectivity index (χ0n) is 12.0. The summed E-state index contributed by atoms with van der Waals surface area (Å²) in [5.74, 6) is 0.213. The van der Waals surface area contributed by atoms with E-state index in [0.717, 1.165) is 27.1 Å². The first-order valence-electron chi connectivity index (χ1n) is 6.57. The molecule has 0 saturated heterocycles. The largest absolute Gasteiger partial charge is 0.508 e. The molecule has 23 heavy (non-hydrogen) atoms. The number of nitrogens with one attached hydrogen (secondary N) is 2. The number of aromatic nitrogens is 2. The first kappa shape index (κ1) is 15.3. The number of nitrogens with zero attached hydrogens (tertiary/aromatic N) is 2. The number of nitrogens with two attached hydrogens (primary N) is 1. The maximum Gasteiger partial charge on any atom is 0.318 e. The standard InChI is InChI=1S/C14H13N5O2S2/c1-7-11(23-14(16-7)19-12(15)21)10-6-22-13(18-10)17-8-2-4-9(20)5-3-8/h2-6,20H,1H3,(H,17,18)(H3,15,16,19,21). The van der Waals surface area contributed by atoms with Gasteiger partial charge in [-0.3, -0.25) is 5.32 Å². The highest BCUT2D eigenvalue weighted by molar-refractivity contribution is 7.20. The van der Waals surface area contributed by atoms with Crippen molar-refractivity contribution in [3.63, 3.8) is 0 Å². The van der Waals surface area contributed by atoms with Crippen molar-refractivity contribution in [2.24, 2.45) is 5.73 Å². The summed E-state index contributed by atoms with van der Waals surface area (Å²) in [5.41, 5.74) is 7.49. The van der Waals surface area contributed by atoms with Crippen molar-refractivity contribution in [1.29, 1.82) is 0 Å². The third-order valence-corrected chi connectivity index (χ3v) is 4.74. The number of aryl methyl sites for hydroxylation is 1. The smallest absolute Gasteiger partial charge is 0.318 e. The number of phenols is 1. The number of hydrogen-bond donors (Lipinski definition) is 4. The van der Waals surface area contributed by atoms with Crippen molar-refractivity contribution in [3.8, 4) is 16.3 Å². The molecular weight excluding hydrogens is 334 g/mol. The molecule has 0 aliphatic heterocycles. The molecule has 0 saturated carbocycles. The SMILES string of the molecule is Cc1nc(NC(N)=O)sc1-c1csc(Nc2ccc(O)cc2)n1. The van der Waals surface area contributed by atoms with Gasteiger partial charge in [-0.05, 0) is 31.2 Å². The average Bonchev–Trinajstić information content (AvgIpc) is 3.07. The summed E-state index contributed by atoms with van der Waals surface area (Å²) in [6, 6.07) is 6.10. The van der Waals surface area contributed by atoms with Crippen LogP contribution in [0.1, 0.15) is 5.69 Å². The van der Waals surface area contributed by atoms with Crippen molar-refractivity contribution in [3.05, 3.63) is 35.3 Å². The van der Waals surface area contributed by atoms with E-state index < -0.39 is 6.03 Å². The van der Waals surface area contributed by atoms with Gasteiger partial charge in [0, 0.05) is 11.1 Å². The Morgan fingerprint density at radius 1 is 1.22 bits per heavy atom. The number of urea groups is 1. The molecule has 7 nitrogen and oxygen atoms in total. The van der Waals surface area contributed by atoms with Crippen LogP contribution in [0.25, 0.3) is 10.6 Å². The number of phenolic OH excluding ortho intramolecular Hbond substituents is 1. The van der Waals surface area contributed by atoms with E-state index in [1.807, 2.05) is 12.3 Å². The van der Waals surface area contributed by atoms with Crippen LogP contribution in [0, 0.1) is 6.92 Å². The monoisotopic (exact) mass is 347 g/mol. The van der Waals surface area contributed by atoms with Gasteiger partial charge in [0.2, 0.25) is 0 Å².